The van der Waals surface area contributed by atoms with Crippen LogP contribution >= 0.6 is 0 Å². The van der Waals surface area contributed by atoms with Gasteiger partial charge in [-0.25, -0.2) is 9.78 Å². The van der Waals surface area contributed by atoms with E-state index in [0.717, 1.165) is 44.1 Å². The second kappa shape index (κ2) is 10.6. The number of carbonyl (C=O) groups is 2. The van der Waals surface area contributed by atoms with Crippen LogP contribution in [-0.4, -0.2) is 50.7 Å². The van der Waals surface area contributed by atoms with Gasteiger partial charge in [0, 0.05) is 39.0 Å². The quantitative estimate of drug-likeness (QED) is 0.704. The summed E-state index contributed by atoms with van der Waals surface area (Å²) in [5, 5.41) is 10.2. The highest BCUT2D eigenvalue weighted by Crippen LogP contribution is 2.32. The molecular weight excluding hydrogens is 425 g/mol. The first kappa shape index (κ1) is 23.8. The number of carboxylic acid groups (broad SMARTS) is 1. The Kier molecular flexibility index (Phi) is 7.89. The number of amides is 1. The predicted octanol–water partition coefficient (Wildman–Crippen LogP) is 2.99. The Morgan fingerprint density at radius 3 is 2.44 bits per heavy atom. The third-order valence-electron chi connectivity index (χ3n) is 5.44. The second-order valence-electron chi connectivity index (χ2n) is 8.06. The first-order valence-corrected chi connectivity index (χ1v) is 10.6. The van der Waals surface area contributed by atoms with Crippen LogP contribution in [0.25, 0.3) is 0 Å². The summed E-state index contributed by atoms with van der Waals surface area (Å²) in [4.78, 5) is 27.9. The second-order valence-corrected chi connectivity index (χ2v) is 8.06. The van der Waals surface area contributed by atoms with Crippen molar-refractivity contribution in [1.82, 2.24) is 19.8 Å². The van der Waals surface area contributed by atoms with Crippen molar-refractivity contribution < 1.29 is 27.9 Å². The highest BCUT2D eigenvalue weighted by molar-refractivity contribution is 5.76. The lowest BCUT2D eigenvalue weighted by Crippen LogP contribution is -2.27. The molecule has 2 aliphatic rings. The van der Waals surface area contributed by atoms with Crippen molar-refractivity contribution in [2.75, 3.05) is 13.1 Å². The van der Waals surface area contributed by atoms with Gasteiger partial charge >= 0.3 is 12.1 Å². The number of rotatable bonds is 6. The van der Waals surface area contributed by atoms with Crippen molar-refractivity contribution in [2.45, 2.75) is 51.5 Å². The minimum atomic E-state index is -5.08. The smallest absolute Gasteiger partial charge is 0.475 e. The molecule has 7 nitrogen and oxygen atoms in total. The predicted molar refractivity (Wildman–Crippen MR) is 111 cm³/mol. The molecule has 0 spiro atoms. The Balaban J connectivity index is 0.000000360. The van der Waals surface area contributed by atoms with E-state index >= 15 is 0 Å². The van der Waals surface area contributed by atoms with Crippen molar-refractivity contribution in [1.29, 1.82) is 0 Å². The Morgan fingerprint density at radius 1 is 1.12 bits per heavy atom. The van der Waals surface area contributed by atoms with Gasteiger partial charge in [0.15, 0.2) is 0 Å². The van der Waals surface area contributed by atoms with Crippen LogP contribution in [-0.2, 0) is 35.6 Å². The third-order valence-corrected chi connectivity index (χ3v) is 5.44. The van der Waals surface area contributed by atoms with E-state index < -0.39 is 12.1 Å². The molecule has 0 unspecified atom stereocenters. The van der Waals surface area contributed by atoms with Gasteiger partial charge in [0.2, 0.25) is 5.91 Å². The molecule has 0 bridgehead atoms. The van der Waals surface area contributed by atoms with Gasteiger partial charge < -0.3 is 15.0 Å². The lowest BCUT2D eigenvalue weighted by molar-refractivity contribution is -0.192. The summed E-state index contributed by atoms with van der Waals surface area (Å²) in [7, 11) is 0. The van der Waals surface area contributed by atoms with Crippen LogP contribution in [0.2, 0.25) is 0 Å². The number of alkyl halides is 3. The number of hydrogen-bond donors (Lipinski definition) is 2. The van der Waals surface area contributed by atoms with Gasteiger partial charge in [0.25, 0.3) is 0 Å². The summed E-state index contributed by atoms with van der Waals surface area (Å²) in [5.74, 6) is -0.805. The van der Waals surface area contributed by atoms with E-state index in [4.69, 9.17) is 9.90 Å². The van der Waals surface area contributed by atoms with Gasteiger partial charge in [0.05, 0.1) is 18.4 Å². The number of aromatic nitrogens is 2. The first-order chi connectivity index (χ1) is 15.2. The van der Waals surface area contributed by atoms with E-state index in [9.17, 15) is 18.0 Å². The molecule has 1 aliphatic carbocycles. The van der Waals surface area contributed by atoms with Gasteiger partial charge in [0.1, 0.15) is 5.82 Å². The van der Waals surface area contributed by atoms with Crippen molar-refractivity contribution in [3.63, 3.8) is 0 Å². The minimum absolute atomic E-state index is 0.178. The molecule has 1 saturated carbocycles. The number of aliphatic carboxylic acids is 1. The number of nitrogens with one attached hydrogen (secondary N) is 1. The molecule has 1 fully saturated rings. The van der Waals surface area contributed by atoms with Crippen LogP contribution in [0.5, 0.6) is 0 Å². The highest BCUT2D eigenvalue weighted by Gasteiger charge is 2.38. The zero-order chi connectivity index (χ0) is 23.1. The van der Waals surface area contributed by atoms with Crippen LogP contribution in [0.4, 0.5) is 13.2 Å². The van der Waals surface area contributed by atoms with Gasteiger partial charge in [-0.1, -0.05) is 30.3 Å². The summed E-state index contributed by atoms with van der Waals surface area (Å²) < 4.78 is 34.0. The van der Waals surface area contributed by atoms with Crippen LogP contribution < -0.4 is 5.32 Å². The number of fused-ring (bicyclic) bond motifs is 1. The number of carbonyl (C=O) groups excluding carboxylic acids is 1. The standard InChI is InChI=1S/C20H26N4O.C2HF3O2/c25-20(12-16-6-7-16)22-14-18-13-21-19-8-9-23(10-11-24(18)19)15-17-4-2-1-3-5-17;3-2(4,5)1(6)7/h1-5,13,16H,6-12,14-15H2,(H,22,25);(H,6,7). The fraction of sp³-hybridized carbons (Fsp3) is 0.500. The van der Waals surface area contributed by atoms with Crippen molar-refractivity contribution in [2.24, 2.45) is 5.92 Å². The zero-order valence-electron chi connectivity index (χ0n) is 17.6. The van der Waals surface area contributed by atoms with Gasteiger partial charge in [-0.15, -0.1) is 0 Å². The van der Waals surface area contributed by atoms with E-state index in [0.29, 0.717) is 18.9 Å². The molecule has 1 aromatic carbocycles. The van der Waals surface area contributed by atoms with E-state index in [1.807, 2.05) is 6.20 Å². The number of halogens is 3. The molecule has 2 aromatic rings. The lowest BCUT2D eigenvalue weighted by atomic mass is 10.2. The summed E-state index contributed by atoms with van der Waals surface area (Å²) in [6, 6.07) is 10.6. The van der Waals surface area contributed by atoms with Gasteiger partial charge in [-0.2, -0.15) is 13.2 Å². The van der Waals surface area contributed by atoms with E-state index in [-0.39, 0.29) is 5.91 Å². The molecule has 0 atom stereocenters. The summed E-state index contributed by atoms with van der Waals surface area (Å²) >= 11 is 0. The van der Waals surface area contributed by atoms with Crippen molar-refractivity contribution >= 4 is 11.9 Å². The molecule has 4 rings (SSSR count). The van der Waals surface area contributed by atoms with Gasteiger partial charge in [-0.05, 0) is 24.3 Å². The van der Waals surface area contributed by atoms with Crippen LogP contribution in [0.3, 0.4) is 0 Å². The normalized spacial score (nSPS) is 16.3. The topological polar surface area (TPSA) is 87.5 Å². The SMILES string of the molecule is O=C(CC1CC1)NCc1cnc2n1CCN(Cc1ccccc1)CC2.O=C(O)C(F)(F)F. The maximum absolute atomic E-state index is 11.9. The first-order valence-electron chi connectivity index (χ1n) is 10.6. The molecule has 10 heteroatoms. The number of nitrogens with zero attached hydrogens (tertiary/aromatic N) is 3. The molecule has 0 radical (unpaired) electrons. The fourth-order valence-corrected chi connectivity index (χ4v) is 3.52. The largest absolute Gasteiger partial charge is 0.490 e. The Bertz CT molecular complexity index is 911. The Labute approximate surface area is 184 Å². The van der Waals surface area contributed by atoms with Crippen LogP contribution in [0.1, 0.15) is 36.3 Å². The maximum atomic E-state index is 11.9. The molecule has 32 heavy (non-hydrogen) atoms. The lowest BCUT2D eigenvalue weighted by Gasteiger charge is -2.19. The molecule has 2 heterocycles. The minimum Gasteiger partial charge on any atom is -0.475 e. The summed E-state index contributed by atoms with van der Waals surface area (Å²) in [5.41, 5.74) is 2.48. The van der Waals surface area contributed by atoms with Gasteiger partial charge in [-0.3, -0.25) is 9.69 Å². The Morgan fingerprint density at radius 2 is 1.81 bits per heavy atom. The molecular formula is C22H27F3N4O3. The average Bonchev–Trinajstić information content (AvgIpc) is 3.51. The Hall–Kier alpha value is -2.88. The summed E-state index contributed by atoms with van der Waals surface area (Å²) in [6.07, 6.45) is 0.924. The highest BCUT2D eigenvalue weighted by atomic mass is 19.4. The monoisotopic (exact) mass is 452 g/mol. The van der Waals surface area contributed by atoms with E-state index in [1.54, 1.807) is 0 Å². The zero-order valence-corrected chi connectivity index (χ0v) is 17.6. The molecule has 174 valence electrons. The molecule has 1 aromatic heterocycles. The van der Waals surface area contributed by atoms with E-state index in [2.05, 4.69) is 50.1 Å². The number of carboxylic acids is 1. The van der Waals surface area contributed by atoms with Crippen molar-refractivity contribution in [3.05, 3.63) is 53.6 Å². The molecule has 0 saturated heterocycles. The number of imidazole rings is 1. The number of hydrogen-bond acceptors (Lipinski definition) is 4. The molecule has 2 N–H and O–H groups in total. The maximum Gasteiger partial charge on any atom is 0.490 e. The average molecular weight is 452 g/mol. The molecule has 1 aliphatic heterocycles. The molecule has 1 amide bonds. The number of benzene rings is 1. The summed E-state index contributed by atoms with van der Waals surface area (Å²) in [6.45, 7) is 4.56. The van der Waals surface area contributed by atoms with Crippen molar-refractivity contribution in [3.8, 4) is 0 Å². The third kappa shape index (κ3) is 7.37. The fourth-order valence-electron chi connectivity index (χ4n) is 3.52. The van der Waals surface area contributed by atoms with Crippen LogP contribution in [0.15, 0.2) is 36.5 Å². The van der Waals surface area contributed by atoms with Crippen LogP contribution in [0, 0.1) is 5.92 Å². The van der Waals surface area contributed by atoms with E-state index in [1.165, 1.54) is 18.4 Å².